The van der Waals surface area contributed by atoms with E-state index < -0.39 is 0 Å². The van der Waals surface area contributed by atoms with Crippen LogP contribution < -0.4 is 19.7 Å². The molecule has 1 aromatic carbocycles. The van der Waals surface area contributed by atoms with Gasteiger partial charge in [0.15, 0.2) is 11.5 Å². The molecule has 204 valence electrons. The first-order valence-corrected chi connectivity index (χ1v) is 13.0. The number of nitrogens with zero attached hydrogens (tertiary/aromatic N) is 7. The maximum absolute atomic E-state index is 13.4. The zero-order valence-electron chi connectivity index (χ0n) is 21.9. The largest absolute Gasteiger partial charge is 0.454 e. The number of hydrogen-bond donors (Lipinski definition) is 1. The monoisotopic (exact) mass is 540 g/mol. The van der Waals surface area contributed by atoms with Crippen LogP contribution in [-0.2, 0) is 4.79 Å². The lowest BCUT2D eigenvalue weighted by Crippen LogP contribution is -2.56. The Labute approximate surface area is 230 Å². The molecule has 40 heavy (non-hydrogen) atoms. The third-order valence-electron chi connectivity index (χ3n) is 7.03. The van der Waals surface area contributed by atoms with E-state index in [2.05, 4.69) is 25.2 Å². The Balaban J connectivity index is 1.21. The van der Waals surface area contributed by atoms with Gasteiger partial charge in [-0.15, -0.1) is 0 Å². The zero-order valence-corrected chi connectivity index (χ0v) is 21.9. The third-order valence-corrected chi connectivity index (χ3v) is 7.03. The van der Waals surface area contributed by atoms with Gasteiger partial charge in [-0.05, 0) is 42.8 Å². The molecule has 3 aromatic heterocycles. The van der Waals surface area contributed by atoms with E-state index in [-0.39, 0.29) is 37.1 Å². The van der Waals surface area contributed by atoms with Crippen molar-refractivity contribution in [2.24, 2.45) is 0 Å². The lowest BCUT2D eigenvalue weighted by molar-refractivity contribution is -0.122. The van der Waals surface area contributed by atoms with Gasteiger partial charge in [0.2, 0.25) is 18.6 Å². The second kappa shape index (κ2) is 11.0. The van der Waals surface area contributed by atoms with Crippen molar-refractivity contribution in [1.29, 1.82) is 0 Å². The highest BCUT2D eigenvalue weighted by Crippen LogP contribution is 2.34. The van der Waals surface area contributed by atoms with E-state index in [1.807, 2.05) is 31.2 Å². The Hall–Kier alpha value is -5.00. The minimum atomic E-state index is -0.316. The summed E-state index contributed by atoms with van der Waals surface area (Å²) < 4.78 is 12.6. The minimum Gasteiger partial charge on any atom is -0.454 e. The number of nitrogens with one attached hydrogen (secondary N) is 1. The summed E-state index contributed by atoms with van der Waals surface area (Å²) in [6.45, 7) is 3.45. The fourth-order valence-electron chi connectivity index (χ4n) is 4.97. The number of fused-ring (bicyclic) bond motifs is 1. The van der Waals surface area contributed by atoms with Gasteiger partial charge in [0.05, 0.1) is 17.6 Å². The Bertz CT molecular complexity index is 1500. The number of anilines is 1. The van der Waals surface area contributed by atoms with Crippen molar-refractivity contribution in [2.75, 3.05) is 31.3 Å². The molecular weight excluding hydrogens is 512 g/mol. The molecule has 2 aliphatic heterocycles. The summed E-state index contributed by atoms with van der Waals surface area (Å²) in [4.78, 5) is 47.7. The van der Waals surface area contributed by atoms with Crippen molar-refractivity contribution < 1.29 is 19.1 Å². The number of aromatic nitrogens is 5. The standard InChI is InChI=1S/C28H28N8O4/c1-19(20-4-5-23-24(13-20)40-18-39-23)32-26(37)14-22-16-34(27(38)21-3-2-7-29-15-21)11-12-36(22)25-6-8-31-28(33-25)35-10-9-30-17-35/h2-10,13,15,17,19,22H,11-12,14,16,18H2,1H3,(H,32,37). The van der Waals surface area contributed by atoms with Crippen LogP contribution in [0.25, 0.3) is 5.95 Å². The van der Waals surface area contributed by atoms with E-state index in [1.165, 1.54) is 0 Å². The maximum Gasteiger partial charge on any atom is 0.255 e. The quantitative estimate of drug-likeness (QED) is 0.376. The van der Waals surface area contributed by atoms with Gasteiger partial charge in [0.25, 0.3) is 5.91 Å². The number of benzene rings is 1. The molecule has 0 bridgehead atoms. The van der Waals surface area contributed by atoms with Crippen LogP contribution in [0.15, 0.2) is 73.7 Å². The molecule has 4 aromatic rings. The first-order chi connectivity index (χ1) is 19.5. The van der Waals surface area contributed by atoms with Gasteiger partial charge >= 0.3 is 0 Å². The molecule has 2 amide bonds. The molecule has 1 fully saturated rings. The predicted molar refractivity (Wildman–Crippen MR) is 144 cm³/mol. The number of amides is 2. The van der Waals surface area contributed by atoms with Crippen molar-refractivity contribution in [3.05, 3.63) is 84.8 Å². The Morgan fingerprint density at radius 1 is 1.07 bits per heavy atom. The summed E-state index contributed by atoms with van der Waals surface area (Å²) in [7, 11) is 0. The topological polar surface area (TPSA) is 128 Å². The van der Waals surface area contributed by atoms with Gasteiger partial charge in [-0.2, -0.15) is 4.98 Å². The molecule has 1 saturated heterocycles. The summed E-state index contributed by atoms with van der Waals surface area (Å²) in [5.74, 6) is 2.25. The SMILES string of the molecule is CC(NC(=O)CC1CN(C(=O)c2cccnc2)CCN1c1ccnc(-n2ccnc2)n1)c1ccc2c(c1)OCO2. The van der Waals surface area contributed by atoms with Crippen LogP contribution in [0.4, 0.5) is 5.82 Å². The molecule has 2 atom stereocenters. The molecular formula is C28H28N8O4. The molecule has 0 saturated carbocycles. The Kier molecular flexibility index (Phi) is 6.96. The van der Waals surface area contributed by atoms with Crippen LogP contribution in [0.5, 0.6) is 11.5 Å². The smallest absolute Gasteiger partial charge is 0.255 e. The average Bonchev–Trinajstić information content (AvgIpc) is 3.70. The normalized spacial score (nSPS) is 17.0. The third kappa shape index (κ3) is 5.28. The van der Waals surface area contributed by atoms with Crippen LogP contribution >= 0.6 is 0 Å². The minimum absolute atomic E-state index is 0.117. The van der Waals surface area contributed by atoms with Gasteiger partial charge < -0.3 is 24.6 Å². The Morgan fingerprint density at radius 3 is 2.80 bits per heavy atom. The number of carbonyl (C=O) groups is 2. The number of rotatable bonds is 7. The van der Waals surface area contributed by atoms with Gasteiger partial charge in [0, 0.05) is 57.0 Å². The summed E-state index contributed by atoms with van der Waals surface area (Å²) in [6, 6.07) is 10.4. The van der Waals surface area contributed by atoms with E-state index in [1.54, 1.807) is 58.9 Å². The van der Waals surface area contributed by atoms with Gasteiger partial charge in [0.1, 0.15) is 12.1 Å². The van der Waals surface area contributed by atoms with E-state index >= 15 is 0 Å². The summed E-state index contributed by atoms with van der Waals surface area (Å²) in [5, 5.41) is 3.10. The van der Waals surface area contributed by atoms with Crippen LogP contribution in [0.2, 0.25) is 0 Å². The predicted octanol–water partition coefficient (Wildman–Crippen LogP) is 2.38. The lowest BCUT2D eigenvalue weighted by atomic mass is 10.0. The van der Waals surface area contributed by atoms with E-state index in [0.29, 0.717) is 48.5 Å². The molecule has 2 unspecified atom stereocenters. The van der Waals surface area contributed by atoms with Gasteiger partial charge in [-0.1, -0.05) is 6.07 Å². The second-order valence-corrected chi connectivity index (χ2v) is 9.63. The van der Waals surface area contributed by atoms with E-state index in [0.717, 1.165) is 5.56 Å². The van der Waals surface area contributed by atoms with Crippen LogP contribution in [-0.4, -0.2) is 73.7 Å². The number of pyridine rings is 1. The van der Waals surface area contributed by atoms with Crippen molar-refractivity contribution in [3.8, 4) is 17.4 Å². The van der Waals surface area contributed by atoms with E-state index in [9.17, 15) is 9.59 Å². The van der Waals surface area contributed by atoms with Crippen LogP contribution in [0, 0.1) is 0 Å². The zero-order chi connectivity index (χ0) is 27.5. The molecule has 1 N–H and O–H groups in total. The number of ether oxygens (including phenoxy) is 2. The Morgan fingerprint density at radius 2 is 1.98 bits per heavy atom. The maximum atomic E-state index is 13.4. The fourth-order valence-corrected chi connectivity index (χ4v) is 4.97. The highest BCUT2D eigenvalue weighted by atomic mass is 16.7. The molecule has 0 radical (unpaired) electrons. The number of hydrogen-bond acceptors (Lipinski definition) is 9. The summed E-state index contributed by atoms with van der Waals surface area (Å²) in [6.07, 6.45) is 10.1. The first-order valence-electron chi connectivity index (χ1n) is 13.0. The number of piperazine rings is 1. The highest BCUT2D eigenvalue weighted by Gasteiger charge is 2.33. The van der Waals surface area contributed by atoms with Gasteiger partial charge in [-0.3, -0.25) is 19.1 Å². The molecule has 12 heteroatoms. The molecule has 0 aliphatic carbocycles. The average molecular weight is 541 g/mol. The van der Waals surface area contributed by atoms with Crippen molar-refractivity contribution in [1.82, 2.24) is 34.7 Å². The highest BCUT2D eigenvalue weighted by molar-refractivity contribution is 5.94. The number of carbonyl (C=O) groups excluding carboxylic acids is 2. The van der Waals surface area contributed by atoms with Crippen molar-refractivity contribution in [2.45, 2.75) is 25.4 Å². The summed E-state index contributed by atoms with van der Waals surface area (Å²) >= 11 is 0. The molecule has 6 rings (SSSR count). The summed E-state index contributed by atoms with van der Waals surface area (Å²) in [5.41, 5.74) is 1.42. The van der Waals surface area contributed by atoms with Gasteiger partial charge in [-0.25, -0.2) is 9.97 Å². The molecule has 0 spiro atoms. The number of imidazole rings is 1. The lowest BCUT2D eigenvalue weighted by Gasteiger charge is -2.42. The molecule has 2 aliphatic rings. The fraction of sp³-hybridized carbons (Fsp3) is 0.286. The van der Waals surface area contributed by atoms with E-state index in [4.69, 9.17) is 14.5 Å². The van der Waals surface area contributed by atoms with Crippen LogP contribution in [0.3, 0.4) is 0 Å². The van der Waals surface area contributed by atoms with Crippen LogP contribution in [0.1, 0.15) is 35.3 Å². The van der Waals surface area contributed by atoms with Crippen molar-refractivity contribution in [3.63, 3.8) is 0 Å². The first kappa shape index (κ1) is 25.3. The second-order valence-electron chi connectivity index (χ2n) is 9.63. The molecule has 12 nitrogen and oxygen atoms in total. The van der Waals surface area contributed by atoms with Crippen molar-refractivity contribution >= 4 is 17.6 Å². The molecule has 5 heterocycles.